The fraction of sp³-hybridized carbons (Fsp3) is 0.636. The van der Waals surface area contributed by atoms with Gasteiger partial charge in [0.15, 0.2) is 0 Å². The molecule has 2 atom stereocenters. The minimum absolute atomic E-state index is 0.248. The smallest absolute Gasteiger partial charge is 0.137 e. The number of hydrogen-bond acceptors (Lipinski definition) is 2. The van der Waals surface area contributed by atoms with Crippen molar-refractivity contribution in [3.05, 3.63) is 17.5 Å². The Kier molecular flexibility index (Phi) is 2.17. The number of ketones is 1. The Labute approximate surface area is 84.1 Å². The molecule has 0 aliphatic heterocycles. The van der Waals surface area contributed by atoms with Crippen molar-refractivity contribution in [2.75, 3.05) is 0 Å². The van der Waals surface area contributed by atoms with Gasteiger partial charge in [0, 0.05) is 31.5 Å². The molecule has 2 rings (SSSR count). The molecule has 1 heterocycles. The van der Waals surface area contributed by atoms with E-state index < -0.39 is 0 Å². The highest BCUT2D eigenvalue weighted by molar-refractivity contribution is 5.89. The van der Waals surface area contributed by atoms with Crippen molar-refractivity contribution < 1.29 is 4.79 Å². The predicted molar refractivity (Wildman–Crippen MR) is 54.1 cm³/mol. The SMILES string of the molecule is CCC1C(=O)CC1c1cn(C)nc1C. The molecule has 0 aromatic carbocycles. The summed E-state index contributed by atoms with van der Waals surface area (Å²) >= 11 is 0. The van der Waals surface area contributed by atoms with Gasteiger partial charge in [-0.2, -0.15) is 5.10 Å². The summed E-state index contributed by atoms with van der Waals surface area (Å²) in [5.74, 6) is 1.10. The average molecular weight is 192 g/mol. The van der Waals surface area contributed by atoms with E-state index >= 15 is 0 Å². The molecule has 1 aromatic rings. The number of aryl methyl sites for hydroxylation is 2. The predicted octanol–water partition coefficient (Wildman–Crippen LogP) is 1.81. The first-order valence-corrected chi connectivity index (χ1v) is 5.16. The summed E-state index contributed by atoms with van der Waals surface area (Å²) in [6.07, 6.45) is 3.72. The van der Waals surface area contributed by atoms with Crippen LogP contribution in [-0.4, -0.2) is 15.6 Å². The second kappa shape index (κ2) is 3.23. The van der Waals surface area contributed by atoms with E-state index in [0.717, 1.165) is 12.1 Å². The second-order valence-corrected chi connectivity index (χ2v) is 4.14. The van der Waals surface area contributed by atoms with E-state index in [-0.39, 0.29) is 5.92 Å². The summed E-state index contributed by atoms with van der Waals surface area (Å²) in [6.45, 7) is 4.10. The molecule has 3 heteroatoms. The monoisotopic (exact) mass is 192 g/mol. The van der Waals surface area contributed by atoms with Crippen LogP contribution in [0.3, 0.4) is 0 Å². The Morgan fingerprint density at radius 2 is 2.36 bits per heavy atom. The summed E-state index contributed by atoms with van der Waals surface area (Å²) in [5, 5.41) is 4.31. The Balaban J connectivity index is 2.24. The maximum absolute atomic E-state index is 11.3. The van der Waals surface area contributed by atoms with Crippen LogP contribution in [0, 0.1) is 12.8 Å². The standard InChI is InChI=1S/C11H16N2O/c1-4-8-9(5-11(8)14)10-6-13(3)12-7(10)2/h6,8-9H,4-5H2,1-3H3. The first-order chi connectivity index (χ1) is 6.63. The van der Waals surface area contributed by atoms with Gasteiger partial charge < -0.3 is 0 Å². The molecule has 3 nitrogen and oxygen atoms in total. The van der Waals surface area contributed by atoms with E-state index in [9.17, 15) is 4.79 Å². The van der Waals surface area contributed by atoms with Crippen molar-refractivity contribution in [3.8, 4) is 0 Å². The zero-order valence-corrected chi connectivity index (χ0v) is 8.95. The number of carbonyl (C=O) groups excluding carboxylic acids is 1. The topological polar surface area (TPSA) is 34.9 Å². The number of nitrogens with zero attached hydrogens (tertiary/aromatic N) is 2. The zero-order chi connectivity index (χ0) is 10.3. The van der Waals surface area contributed by atoms with Gasteiger partial charge in [-0.15, -0.1) is 0 Å². The number of hydrogen-bond donors (Lipinski definition) is 0. The average Bonchev–Trinajstić information content (AvgIpc) is 2.41. The van der Waals surface area contributed by atoms with Crippen molar-refractivity contribution in [3.63, 3.8) is 0 Å². The summed E-state index contributed by atoms with van der Waals surface area (Å²) in [5.41, 5.74) is 2.34. The molecule has 0 saturated heterocycles. The lowest BCUT2D eigenvalue weighted by Crippen LogP contribution is -2.34. The van der Waals surface area contributed by atoms with Crippen LogP contribution in [0.4, 0.5) is 0 Å². The molecule has 0 bridgehead atoms. The Hall–Kier alpha value is -1.12. The van der Waals surface area contributed by atoms with E-state index in [0.29, 0.717) is 18.1 Å². The van der Waals surface area contributed by atoms with Gasteiger partial charge in [-0.25, -0.2) is 0 Å². The molecule has 1 fully saturated rings. The third-order valence-electron chi connectivity index (χ3n) is 3.21. The van der Waals surface area contributed by atoms with E-state index in [1.54, 1.807) is 0 Å². The van der Waals surface area contributed by atoms with Gasteiger partial charge >= 0.3 is 0 Å². The van der Waals surface area contributed by atoms with Crippen LogP contribution < -0.4 is 0 Å². The summed E-state index contributed by atoms with van der Waals surface area (Å²) in [6, 6.07) is 0. The molecule has 1 aromatic heterocycles. The number of rotatable bonds is 2. The first-order valence-electron chi connectivity index (χ1n) is 5.16. The van der Waals surface area contributed by atoms with E-state index in [4.69, 9.17) is 0 Å². The highest BCUT2D eigenvalue weighted by Gasteiger charge is 2.40. The summed E-state index contributed by atoms with van der Waals surface area (Å²) in [4.78, 5) is 11.3. The molecular weight excluding hydrogens is 176 g/mol. The minimum Gasteiger partial charge on any atom is -0.299 e. The molecule has 0 spiro atoms. The first kappa shape index (κ1) is 9.44. The maximum Gasteiger partial charge on any atom is 0.137 e. The lowest BCUT2D eigenvalue weighted by atomic mass is 9.68. The van der Waals surface area contributed by atoms with Crippen LogP contribution >= 0.6 is 0 Å². The number of Topliss-reactive ketones (excluding diaryl/α,β-unsaturated/α-hetero) is 1. The lowest BCUT2D eigenvalue weighted by molar-refractivity contribution is -0.131. The van der Waals surface area contributed by atoms with Gasteiger partial charge in [0.25, 0.3) is 0 Å². The van der Waals surface area contributed by atoms with Crippen molar-refractivity contribution in [1.82, 2.24) is 9.78 Å². The molecular formula is C11H16N2O. The van der Waals surface area contributed by atoms with Crippen molar-refractivity contribution in [2.24, 2.45) is 13.0 Å². The van der Waals surface area contributed by atoms with E-state index in [1.807, 2.05) is 18.7 Å². The van der Waals surface area contributed by atoms with Gasteiger partial charge in [-0.05, 0) is 18.9 Å². The normalized spacial score (nSPS) is 26.4. The van der Waals surface area contributed by atoms with Crippen LogP contribution in [0.2, 0.25) is 0 Å². The largest absolute Gasteiger partial charge is 0.299 e. The van der Waals surface area contributed by atoms with Crippen LogP contribution in [0.25, 0.3) is 0 Å². The quantitative estimate of drug-likeness (QED) is 0.716. The Bertz CT molecular complexity index is 367. The van der Waals surface area contributed by atoms with Crippen molar-refractivity contribution in [1.29, 1.82) is 0 Å². The van der Waals surface area contributed by atoms with Crippen molar-refractivity contribution >= 4 is 5.78 Å². The molecule has 1 aliphatic rings. The van der Waals surface area contributed by atoms with Gasteiger partial charge in [0.1, 0.15) is 5.78 Å². The number of carbonyl (C=O) groups is 1. The molecule has 76 valence electrons. The second-order valence-electron chi connectivity index (χ2n) is 4.14. The maximum atomic E-state index is 11.3. The van der Waals surface area contributed by atoms with Gasteiger partial charge in [-0.3, -0.25) is 9.48 Å². The summed E-state index contributed by atoms with van der Waals surface area (Å²) < 4.78 is 1.83. The fourth-order valence-electron chi connectivity index (χ4n) is 2.40. The van der Waals surface area contributed by atoms with Crippen LogP contribution in [-0.2, 0) is 11.8 Å². The Morgan fingerprint density at radius 3 is 2.79 bits per heavy atom. The molecule has 2 unspecified atom stereocenters. The van der Waals surface area contributed by atoms with Crippen molar-refractivity contribution in [2.45, 2.75) is 32.6 Å². The third kappa shape index (κ3) is 1.27. The highest BCUT2D eigenvalue weighted by atomic mass is 16.1. The molecule has 1 saturated carbocycles. The molecule has 14 heavy (non-hydrogen) atoms. The van der Waals surface area contributed by atoms with Crippen LogP contribution in [0.15, 0.2) is 6.20 Å². The third-order valence-corrected chi connectivity index (χ3v) is 3.21. The molecule has 0 amide bonds. The fourth-order valence-corrected chi connectivity index (χ4v) is 2.40. The molecule has 0 N–H and O–H groups in total. The zero-order valence-electron chi connectivity index (χ0n) is 8.95. The van der Waals surface area contributed by atoms with Gasteiger partial charge in [-0.1, -0.05) is 6.92 Å². The molecule has 0 radical (unpaired) electrons. The van der Waals surface area contributed by atoms with E-state index in [1.165, 1.54) is 5.56 Å². The van der Waals surface area contributed by atoms with Gasteiger partial charge in [0.05, 0.1) is 5.69 Å². The van der Waals surface area contributed by atoms with Crippen LogP contribution in [0.1, 0.15) is 36.9 Å². The summed E-state index contributed by atoms with van der Waals surface area (Å²) in [7, 11) is 1.93. The molecule has 1 aliphatic carbocycles. The van der Waals surface area contributed by atoms with E-state index in [2.05, 4.69) is 18.2 Å². The highest BCUT2D eigenvalue weighted by Crippen LogP contribution is 2.42. The Morgan fingerprint density at radius 1 is 1.64 bits per heavy atom. The van der Waals surface area contributed by atoms with Crippen LogP contribution in [0.5, 0.6) is 0 Å². The number of aromatic nitrogens is 2. The van der Waals surface area contributed by atoms with Gasteiger partial charge in [0.2, 0.25) is 0 Å². The minimum atomic E-state index is 0.248. The lowest BCUT2D eigenvalue weighted by Gasteiger charge is -2.34.